The Bertz CT molecular complexity index is 897. The van der Waals surface area contributed by atoms with E-state index >= 15 is 0 Å². The highest BCUT2D eigenvalue weighted by atomic mass is 79.9. The van der Waals surface area contributed by atoms with Gasteiger partial charge >= 0.3 is 0 Å². The topological polar surface area (TPSA) is 44.9 Å². The summed E-state index contributed by atoms with van der Waals surface area (Å²) in [5.41, 5.74) is 0.800. The van der Waals surface area contributed by atoms with Crippen molar-refractivity contribution in [3.63, 3.8) is 0 Å². The highest BCUT2D eigenvalue weighted by Crippen LogP contribution is 2.40. The van der Waals surface area contributed by atoms with Crippen LogP contribution in [0.5, 0.6) is 11.5 Å². The lowest BCUT2D eigenvalue weighted by Crippen LogP contribution is -2.41. The summed E-state index contributed by atoms with van der Waals surface area (Å²) < 4.78 is 14.2. The van der Waals surface area contributed by atoms with Crippen molar-refractivity contribution in [1.29, 1.82) is 0 Å². The van der Waals surface area contributed by atoms with Crippen molar-refractivity contribution in [2.24, 2.45) is 0 Å². The Labute approximate surface area is 174 Å². The molecule has 5 nitrogen and oxygen atoms in total. The van der Waals surface area contributed by atoms with Crippen molar-refractivity contribution in [3.05, 3.63) is 52.5 Å². The lowest BCUT2D eigenvalue weighted by molar-refractivity contribution is -0.658. The standard InChI is InChI=1S/C22H26BrN2O3/c1-27-18-11-12-19(20(14-18)28-2)24-15-22(26,16-7-9-17(23)10-8-16)25-13-5-3-4-6-21(24)25/h7-12,14,26H,3-6,13,15H2,1-2H3/q+1/t22-/m1/s1. The van der Waals surface area contributed by atoms with Crippen LogP contribution in [-0.4, -0.2) is 42.8 Å². The van der Waals surface area contributed by atoms with Gasteiger partial charge in [-0.15, -0.1) is 0 Å². The summed E-state index contributed by atoms with van der Waals surface area (Å²) in [6.07, 6.45) is 4.31. The third kappa shape index (κ3) is 3.29. The first-order valence-electron chi connectivity index (χ1n) is 9.68. The van der Waals surface area contributed by atoms with E-state index in [1.807, 2.05) is 42.5 Å². The van der Waals surface area contributed by atoms with Gasteiger partial charge in [-0.05, 0) is 43.5 Å². The van der Waals surface area contributed by atoms with E-state index in [9.17, 15) is 5.11 Å². The van der Waals surface area contributed by atoms with Crippen molar-refractivity contribution in [2.45, 2.75) is 31.4 Å². The second-order valence-electron chi connectivity index (χ2n) is 7.33. The SMILES string of the molecule is COc1ccc(N2C[C@@](O)(c3ccc(Br)cc3)[N+]3=C2CCCCC3)c(OC)c1. The molecule has 0 radical (unpaired) electrons. The van der Waals surface area contributed by atoms with E-state index in [1.54, 1.807) is 14.2 Å². The number of hydrogen-bond acceptors (Lipinski definition) is 4. The fourth-order valence-corrected chi connectivity index (χ4v) is 4.53. The predicted molar refractivity (Wildman–Crippen MR) is 114 cm³/mol. The van der Waals surface area contributed by atoms with E-state index in [0.29, 0.717) is 6.54 Å². The zero-order valence-corrected chi connectivity index (χ0v) is 17.9. The number of amidine groups is 1. The summed E-state index contributed by atoms with van der Waals surface area (Å²) in [6, 6.07) is 13.8. The molecule has 148 valence electrons. The fourth-order valence-electron chi connectivity index (χ4n) is 4.27. The molecule has 6 heteroatoms. The van der Waals surface area contributed by atoms with Crippen molar-refractivity contribution < 1.29 is 19.2 Å². The van der Waals surface area contributed by atoms with E-state index in [-0.39, 0.29) is 0 Å². The average Bonchev–Trinajstić information content (AvgIpc) is 2.87. The summed E-state index contributed by atoms with van der Waals surface area (Å²) in [7, 11) is 3.32. The summed E-state index contributed by atoms with van der Waals surface area (Å²) in [6.45, 7) is 1.31. The maximum atomic E-state index is 11.9. The first-order valence-corrected chi connectivity index (χ1v) is 10.5. The van der Waals surface area contributed by atoms with Gasteiger partial charge in [0, 0.05) is 22.5 Å². The van der Waals surface area contributed by atoms with Crippen molar-refractivity contribution in [1.82, 2.24) is 0 Å². The number of halogens is 1. The minimum atomic E-state index is -1.06. The Hall–Kier alpha value is -2.05. The van der Waals surface area contributed by atoms with Gasteiger partial charge in [0.1, 0.15) is 5.75 Å². The van der Waals surface area contributed by atoms with Crippen molar-refractivity contribution >= 4 is 27.5 Å². The van der Waals surface area contributed by atoms with Gasteiger partial charge in [-0.2, -0.15) is 0 Å². The molecule has 0 unspecified atom stereocenters. The third-order valence-electron chi connectivity index (χ3n) is 5.71. The van der Waals surface area contributed by atoms with E-state index in [1.165, 1.54) is 6.42 Å². The van der Waals surface area contributed by atoms with Crippen LogP contribution in [-0.2, 0) is 5.72 Å². The minimum Gasteiger partial charge on any atom is -0.497 e. The van der Waals surface area contributed by atoms with Gasteiger partial charge in [0.05, 0.1) is 20.8 Å². The summed E-state index contributed by atoms with van der Waals surface area (Å²) in [5.74, 6) is 2.66. The zero-order valence-electron chi connectivity index (χ0n) is 16.3. The third-order valence-corrected chi connectivity index (χ3v) is 6.24. The Kier molecular flexibility index (Phi) is 5.34. The fraction of sp³-hybridized carbons (Fsp3) is 0.409. The molecule has 1 N–H and O–H groups in total. The predicted octanol–water partition coefficient (Wildman–Crippen LogP) is 4.12. The van der Waals surface area contributed by atoms with Gasteiger partial charge in [0.15, 0.2) is 18.0 Å². The minimum absolute atomic E-state index is 0.465. The van der Waals surface area contributed by atoms with Crippen molar-refractivity contribution in [2.75, 3.05) is 32.2 Å². The number of β-amino-alcohol motifs (C(OH)–C–C–N with tert-alkyl or cyclic N) is 1. The van der Waals surface area contributed by atoms with Crippen LogP contribution in [0.4, 0.5) is 5.69 Å². The summed E-state index contributed by atoms with van der Waals surface area (Å²) >= 11 is 3.49. The lowest BCUT2D eigenvalue weighted by atomic mass is 10.0. The van der Waals surface area contributed by atoms with Crippen LogP contribution in [0.2, 0.25) is 0 Å². The molecule has 4 rings (SSSR count). The molecule has 2 aromatic carbocycles. The summed E-state index contributed by atoms with van der Waals surface area (Å²) in [4.78, 5) is 2.21. The number of hydrogen-bond donors (Lipinski definition) is 1. The van der Waals surface area contributed by atoms with Crippen LogP contribution in [0.3, 0.4) is 0 Å². The van der Waals surface area contributed by atoms with E-state index in [4.69, 9.17) is 9.47 Å². The number of ether oxygens (including phenoxy) is 2. The molecule has 28 heavy (non-hydrogen) atoms. The van der Waals surface area contributed by atoms with Crippen LogP contribution < -0.4 is 14.4 Å². The van der Waals surface area contributed by atoms with E-state index in [2.05, 4.69) is 25.4 Å². The average molecular weight is 446 g/mol. The van der Waals surface area contributed by atoms with Gasteiger partial charge in [-0.3, -0.25) is 0 Å². The molecule has 0 aromatic heterocycles. The molecule has 0 saturated carbocycles. The maximum absolute atomic E-state index is 11.9. The number of anilines is 1. The van der Waals surface area contributed by atoms with E-state index in [0.717, 1.165) is 58.9 Å². The highest BCUT2D eigenvalue weighted by Gasteiger charge is 2.52. The molecule has 2 heterocycles. The van der Waals surface area contributed by atoms with Crippen molar-refractivity contribution in [3.8, 4) is 11.5 Å². The first kappa shape index (κ1) is 19.3. The molecule has 2 aliphatic rings. The van der Waals surface area contributed by atoms with Gasteiger partial charge in [-0.25, -0.2) is 9.48 Å². The molecule has 2 aromatic rings. The molecular formula is C22H26BrN2O3+. The Morgan fingerprint density at radius 2 is 1.82 bits per heavy atom. The van der Waals surface area contributed by atoms with Gasteiger partial charge in [0.25, 0.3) is 11.6 Å². The molecule has 0 fully saturated rings. The van der Waals surface area contributed by atoms with Crippen LogP contribution in [0.15, 0.2) is 46.9 Å². The maximum Gasteiger partial charge on any atom is 0.271 e. The quantitative estimate of drug-likeness (QED) is 0.718. The Morgan fingerprint density at radius 1 is 1.04 bits per heavy atom. The Balaban J connectivity index is 1.82. The van der Waals surface area contributed by atoms with Gasteiger partial charge < -0.3 is 14.6 Å². The molecule has 0 aliphatic carbocycles. The van der Waals surface area contributed by atoms with Gasteiger partial charge in [0.2, 0.25) is 0 Å². The molecule has 0 bridgehead atoms. The zero-order chi connectivity index (χ0) is 19.7. The number of rotatable bonds is 4. The molecule has 0 spiro atoms. The van der Waals surface area contributed by atoms with Crippen LogP contribution in [0, 0.1) is 0 Å². The molecule has 2 aliphatic heterocycles. The van der Waals surface area contributed by atoms with Crippen LogP contribution >= 0.6 is 15.9 Å². The van der Waals surface area contributed by atoms with Crippen LogP contribution in [0.1, 0.15) is 31.2 Å². The van der Waals surface area contributed by atoms with E-state index < -0.39 is 5.72 Å². The van der Waals surface area contributed by atoms with Gasteiger partial charge in [-0.1, -0.05) is 28.1 Å². The number of aliphatic hydroxyl groups is 1. The lowest BCUT2D eigenvalue weighted by Gasteiger charge is -2.24. The second-order valence-corrected chi connectivity index (χ2v) is 8.24. The highest BCUT2D eigenvalue weighted by molar-refractivity contribution is 9.10. The normalized spacial score (nSPS) is 22.1. The molecule has 1 atom stereocenters. The number of nitrogens with zero attached hydrogens (tertiary/aromatic N) is 2. The smallest absolute Gasteiger partial charge is 0.271 e. The molecular weight excluding hydrogens is 420 g/mol. The first-order chi connectivity index (χ1) is 13.6. The van der Waals surface area contributed by atoms with Crippen LogP contribution in [0.25, 0.3) is 0 Å². The second kappa shape index (κ2) is 7.76. The Morgan fingerprint density at radius 3 is 2.54 bits per heavy atom. The summed E-state index contributed by atoms with van der Waals surface area (Å²) in [5, 5.41) is 11.9. The molecule has 0 saturated heterocycles. The molecule has 0 amide bonds. The monoisotopic (exact) mass is 445 g/mol. The number of benzene rings is 2. The largest absolute Gasteiger partial charge is 0.497 e. The number of methoxy groups -OCH3 is 2.